The fourth-order valence-electron chi connectivity index (χ4n) is 10.9. The number of para-hydroxylation sites is 2. The molecule has 12 aromatic rings. The third kappa shape index (κ3) is 7.61. The summed E-state index contributed by atoms with van der Waals surface area (Å²) in [6.07, 6.45) is 0.706. The average molecular weight is 933 g/mol. The van der Waals surface area contributed by atoms with Gasteiger partial charge < -0.3 is 19.3 Å². The van der Waals surface area contributed by atoms with E-state index in [2.05, 4.69) is 219 Å². The molecule has 344 valence electrons. The van der Waals surface area contributed by atoms with Crippen molar-refractivity contribution in [3.63, 3.8) is 0 Å². The molecule has 1 unspecified atom stereocenters. The molecule has 0 bridgehead atoms. The van der Waals surface area contributed by atoms with E-state index >= 15 is 0 Å². The summed E-state index contributed by atoms with van der Waals surface area (Å²) in [6, 6.07) is 88.9. The zero-order chi connectivity index (χ0) is 48.1. The van der Waals surface area contributed by atoms with Gasteiger partial charge in [-0.05, 0) is 173 Å². The Morgan fingerprint density at radius 1 is 0.389 bits per heavy atom. The van der Waals surface area contributed by atoms with Crippen molar-refractivity contribution in [1.29, 1.82) is 0 Å². The first kappa shape index (κ1) is 42.8. The van der Waals surface area contributed by atoms with Crippen LogP contribution in [0.15, 0.2) is 261 Å². The molecule has 0 saturated carbocycles. The SMILES string of the molecule is Fc1ccc(-c2cc3cc4c(cc3n2-c2ccc(N(c3ccccc3)c3cccc5ccccc35)cc2)CC(c2ccc(F)cc2)N4c2ccc(N(c3ccccc3)c3cccc4ccccc34)cc2)cc1. The summed E-state index contributed by atoms with van der Waals surface area (Å²) in [4.78, 5) is 7.04. The molecule has 11 aromatic carbocycles. The lowest BCUT2D eigenvalue weighted by Gasteiger charge is -2.30. The monoisotopic (exact) mass is 932 g/mol. The number of fused-ring (bicyclic) bond motifs is 4. The number of aromatic nitrogens is 1. The standard InChI is InChI=1S/C66H46F2N4/c67-51-29-25-47(26-30-51)63-41-49-44-66-50(43-65(49)71(63)57-37-33-55(34-38-57)69(53-17-3-1-4-18-53)61-23-11-15-45-13-7-9-21-59(45)61)42-64(48-27-31-52(68)32-28-48)72(66)58-39-35-56(36-40-58)70(54-19-5-2-6-20-54)62-24-12-16-46-14-8-10-22-60(46)62/h1-41,43-44,64H,42H2. The molecule has 0 aliphatic carbocycles. The Bertz CT molecular complexity index is 3900. The van der Waals surface area contributed by atoms with Crippen LogP contribution in [0.5, 0.6) is 0 Å². The third-order valence-electron chi connectivity index (χ3n) is 14.2. The van der Waals surface area contributed by atoms with Gasteiger partial charge in [0.25, 0.3) is 0 Å². The van der Waals surface area contributed by atoms with E-state index in [1.807, 2.05) is 36.4 Å². The topological polar surface area (TPSA) is 14.7 Å². The van der Waals surface area contributed by atoms with Crippen LogP contribution >= 0.6 is 0 Å². The molecule has 6 heteroatoms. The van der Waals surface area contributed by atoms with Crippen LogP contribution < -0.4 is 14.7 Å². The van der Waals surface area contributed by atoms with E-state index in [4.69, 9.17) is 0 Å². The number of nitrogens with zero attached hydrogens (tertiary/aromatic N) is 4. The van der Waals surface area contributed by atoms with Gasteiger partial charge in [-0.15, -0.1) is 0 Å². The Hall–Kier alpha value is -9.26. The van der Waals surface area contributed by atoms with Crippen molar-refractivity contribution in [3.8, 4) is 16.9 Å². The van der Waals surface area contributed by atoms with Gasteiger partial charge in [-0.3, -0.25) is 0 Å². The average Bonchev–Trinajstić information content (AvgIpc) is 4.00. The third-order valence-corrected chi connectivity index (χ3v) is 14.2. The molecule has 13 rings (SSSR count). The Morgan fingerprint density at radius 2 is 0.861 bits per heavy atom. The molecule has 1 aliphatic rings. The van der Waals surface area contributed by atoms with E-state index in [0.717, 1.165) is 84.3 Å². The summed E-state index contributed by atoms with van der Waals surface area (Å²) < 4.78 is 31.4. The second-order valence-corrected chi connectivity index (χ2v) is 18.4. The summed E-state index contributed by atoms with van der Waals surface area (Å²) in [5, 5.41) is 5.73. The van der Waals surface area contributed by atoms with Crippen LogP contribution in [0, 0.1) is 11.6 Å². The lowest BCUT2D eigenvalue weighted by atomic mass is 10.0. The van der Waals surface area contributed by atoms with E-state index in [-0.39, 0.29) is 17.7 Å². The van der Waals surface area contributed by atoms with Crippen molar-refractivity contribution in [2.75, 3.05) is 14.7 Å². The minimum absolute atomic E-state index is 0.0939. The van der Waals surface area contributed by atoms with Gasteiger partial charge in [0.15, 0.2) is 0 Å². The van der Waals surface area contributed by atoms with Crippen molar-refractivity contribution in [1.82, 2.24) is 4.57 Å². The second kappa shape index (κ2) is 17.9. The molecule has 0 N–H and O–H groups in total. The summed E-state index contributed by atoms with van der Waals surface area (Å²) in [5.74, 6) is -0.542. The Morgan fingerprint density at radius 3 is 1.42 bits per heavy atom. The van der Waals surface area contributed by atoms with Crippen molar-refractivity contribution in [2.24, 2.45) is 0 Å². The first-order valence-corrected chi connectivity index (χ1v) is 24.4. The molecule has 72 heavy (non-hydrogen) atoms. The zero-order valence-electron chi connectivity index (χ0n) is 39.2. The van der Waals surface area contributed by atoms with E-state index in [1.165, 1.54) is 33.9 Å². The maximum atomic E-state index is 14.6. The first-order chi connectivity index (χ1) is 35.5. The van der Waals surface area contributed by atoms with E-state index < -0.39 is 0 Å². The van der Waals surface area contributed by atoms with Crippen LogP contribution in [0.2, 0.25) is 0 Å². The van der Waals surface area contributed by atoms with Gasteiger partial charge in [0.2, 0.25) is 0 Å². The van der Waals surface area contributed by atoms with Crippen LogP contribution in [-0.2, 0) is 6.42 Å². The van der Waals surface area contributed by atoms with Crippen LogP contribution in [0.3, 0.4) is 0 Å². The molecule has 1 aliphatic heterocycles. The number of halogens is 2. The first-order valence-electron chi connectivity index (χ1n) is 24.4. The van der Waals surface area contributed by atoms with Gasteiger partial charge in [-0.25, -0.2) is 8.78 Å². The molecular formula is C66H46F2N4. The van der Waals surface area contributed by atoms with Crippen molar-refractivity contribution < 1.29 is 8.78 Å². The van der Waals surface area contributed by atoms with Gasteiger partial charge in [0, 0.05) is 56.0 Å². The minimum Gasteiger partial charge on any atom is -0.333 e. The van der Waals surface area contributed by atoms with Crippen molar-refractivity contribution in [2.45, 2.75) is 12.5 Å². The fourth-order valence-corrected chi connectivity index (χ4v) is 10.9. The molecule has 1 atom stereocenters. The van der Waals surface area contributed by atoms with Gasteiger partial charge >= 0.3 is 0 Å². The summed E-state index contributed by atoms with van der Waals surface area (Å²) in [6.45, 7) is 0. The highest BCUT2D eigenvalue weighted by Gasteiger charge is 2.33. The smallest absolute Gasteiger partial charge is 0.123 e. The van der Waals surface area contributed by atoms with Crippen LogP contribution in [0.1, 0.15) is 17.2 Å². The second-order valence-electron chi connectivity index (χ2n) is 18.4. The number of hydrogen-bond donors (Lipinski definition) is 0. The molecular weight excluding hydrogens is 887 g/mol. The zero-order valence-corrected chi connectivity index (χ0v) is 39.2. The molecule has 0 radical (unpaired) electrons. The molecule has 0 spiro atoms. The maximum Gasteiger partial charge on any atom is 0.123 e. The fraction of sp³-hybridized carbons (Fsp3) is 0.0303. The summed E-state index contributed by atoms with van der Waals surface area (Å²) >= 11 is 0. The summed E-state index contributed by atoms with van der Waals surface area (Å²) in [5.41, 5.74) is 14.6. The minimum atomic E-state index is -0.281. The highest BCUT2D eigenvalue weighted by atomic mass is 19.1. The van der Waals surface area contributed by atoms with Gasteiger partial charge in [-0.2, -0.15) is 0 Å². The van der Waals surface area contributed by atoms with Crippen molar-refractivity contribution >= 4 is 77.9 Å². The van der Waals surface area contributed by atoms with Crippen LogP contribution in [-0.4, -0.2) is 4.57 Å². The van der Waals surface area contributed by atoms with Crippen LogP contribution in [0.4, 0.5) is 54.3 Å². The molecule has 0 amide bonds. The normalized spacial score (nSPS) is 13.2. The number of anilines is 8. The lowest BCUT2D eigenvalue weighted by Crippen LogP contribution is -2.20. The number of hydrogen-bond acceptors (Lipinski definition) is 3. The molecule has 0 saturated heterocycles. The number of rotatable bonds is 10. The maximum absolute atomic E-state index is 14.6. The Labute approximate surface area is 417 Å². The highest BCUT2D eigenvalue weighted by molar-refractivity contribution is 6.01. The van der Waals surface area contributed by atoms with Gasteiger partial charge in [-0.1, -0.05) is 121 Å². The lowest BCUT2D eigenvalue weighted by molar-refractivity contribution is 0.625. The Kier molecular flexibility index (Phi) is 10.7. The van der Waals surface area contributed by atoms with E-state index in [0.29, 0.717) is 6.42 Å². The van der Waals surface area contributed by atoms with Gasteiger partial charge in [0.1, 0.15) is 11.6 Å². The predicted molar refractivity (Wildman–Crippen MR) is 294 cm³/mol. The summed E-state index contributed by atoms with van der Waals surface area (Å²) in [7, 11) is 0. The van der Waals surface area contributed by atoms with E-state index in [1.54, 1.807) is 12.1 Å². The number of benzene rings is 11. The molecule has 2 heterocycles. The quantitative estimate of drug-likeness (QED) is 0.136. The largest absolute Gasteiger partial charge is 0.333 e. The molecule has 0 fully saturated rings. The van der Waals surface area contributed by atoms with Crippen molar-refractivity contribution in [3.05, 3.63) is 284 Å². The van der Waals surface area contributed by atoms with Gasteiger partial charge in [0.05, 0.1) is 28.6 Å². The van der Waals surface area contributed by atoms with E-state index in [9.17, 15) is 8.78 Å². The van der Waals surface area contributed by atoms with Crippen LogP contribution in [0.25, 0.3) is 49.4 Å². The molecule has 4 nitrogen and oxygen atoms in total. The highest BCUT2D eigenvalue weighted by Crippen LogP contribution is 2.49. The molecule has 1 aromatic heterocycles. The Balaban J connectivity index is 0.939. The predicted octanol–water partition coefficient (Wildman–Crippen LogP) is 18.3.